The number of para-hydroxylation sites is 1. The molecule has 116 valence electrons. The molecule has 2 aromatic rings. The third-order valence-electron chi connectivity index (χ3n) is 3.48. The Bertz CT molecular complexity index is 644. The molecule has 0 atom stereocenters. The summed E-state index contributed by atoms with van der Waals surface area (Å²) >= 11 is 0. The predicted molar refractivity (Wildman–Crippen MR) is 101 cm³/mol. The molecule has 0 fully saturated rings. The largest absolute Gasteiger partial charge is 0.493 e. The molecule has 0 amide bonds. The molecule has 3 rings (SSSR count). The lowest BCUT2D eigenvalue weighted by Gasteiger charge is -2.06. The van der Waals surface area contributed by atoms with Crippen LogP contribution in [0.3, 0.4) is 0 Å². The Morgan fingerprint density at radius 3 is 2.82 bits per heavy atom. The van der Waals surface area contributed by atoms with E-state index in [1.807, 2.05) is 36.4 Å². The van der Waals surface area contributed by atoms with E-state index in [1.54, 1.807) is 0 Å². The number of guanidine groups is 1. The number of hydrogen-bond acceptors (Lipinski definition) is 2. The molecule has 0 saturated carbocycles. The molecule has 0 aromatic heterocycles. The molecule has 3 N–H and O–H groups in total. The zero-order valence-corrected chi connectivity index (χ0v) is 14.6. The van der Waals surface area contributed by atoms with Crippen molar-refractivity contribution in [3.8, 4) is 5.75 Å². The summed E-state index contributed by atoms with van der Waals surface area (Å²) in [6.07, 6.45) is 1.88. The normalized spacial score (nSPS) is 13.0. The Kier molecular flexibility index (Phi) is 6.06. The van der Waals surface area contributed by atoms with Crippen molar-refractivity contribution < 1.29 is 4.74 Å². The third kappa shape index (κ3) is 4.37. The van der Waals surface area contributed by atoms with E-state index in [9.17, 15) is 0 Å². The van der Waals surface area contributed by atoms with Gasteiger partial charge in [-0.3, -0.25) is 4.99 Å². The van der Waals surface area contributed by atoms with E-state index in [0.717, 1.165) is 30.9 Å². The Morgan fingerprint density at radius 2 is 2.00 bits per heavy atom. The van der Waals surface area contributed by atoms with Crippen molar-refractivity contribution in [2.24, 2.45) is 10.7 Å². The van der Waals surface area contributed by atoms with Crippen LogP contribution < -0.4 is 15.8 Å². The first kappa shape index (κ1) is 16.6. The Hall–Kier alpha value is -1.76. The number of nitrogens with one attached hydrogen (secondary N) is 1. The Labute approximate surface area is 147 Å². The molecule has 0 aliphatic carbocycles. The average molecular weight is 409 g/mol. The SMILES string of the molecule is I.NC(=NCCc1ccc2c(c1)CCO2)Nc1ccccc1. The molecule has 1 aliphatic rings. The second-order valence-corrected chi connectivity index (χ2v) is 5.05. The fourth-order valence-corrected chi connectivity index (χ4v) is 2.41. The number of nitrogens with two attached hydrogens (primary N) is 1. The highest BCUT2D eigenvalue weighted by Gasteiger charge is 2.11. The summed E-state index contributed by atoms with van der Waals surface area (Å²) in [5.74, 6) is 1.47. The van der Waals surface area contributed by atoms with Gasteiger partial charge < -0.3 is 15.8 Å². The molecule has 5 heteroatoms. The lowest BCUT2D eigenvalue weighted by Crippen LogP contribution is -2.23. The van der Waals surface area contributed by atoms with Crippen LogP contribution in [0.4, 0.5) is 5.69 Å². The smallest absolute Gasteiger partial charge is 0.193 e. The maximum atomic E-state index is 5.88. The summed E-state index contributed by atoms with van der Waals surface area (Å²) in [5, 5.41) is 3.08. The lowest BCUT2D eigenvalue weighted by molar-refractivity contribution is 0.357. The van der Waals surface area contributed by atoms with Crippen LogP contribution in [-0.2, 0) is 12.8 Å². The number of nitrogens with zero attached hydrogens (tertiary/aromatic N) is 1. The van der Waals surface area contributed by atoms with Gasteiger partial charge in [0.2, 0.25) is 0 Å². The fourth-order valence-electron chi connectivity index (χ4n) is 2.41. The van der Waals surface area contributed by atoms with Gasteiger partial charge >= 0.3 is 0 Å². The molecule has 22 heavy (non-hydrogen) atoms. The van der Waals surface area contributed by atoms with E-state index in [2.05, 4.69) is 22.4 Å². The highest BCUT2D eigenvalue weighted by atomic mass is 127. The molecule has 4 nitrogen and oxygen atoms in total. The number of aliphatic imine (C=N–C) groups is 1. The molecule has 1 aliphatic heterocycles. The fraction of sp³-hybridized carbons (Fsp3) is 0.235. The lowest BCUT2D eigenvalue weighted by atomic mass is 10.1. The van der Waals surface area contributed by atoms with E-state index >= 15 is 0 Å². The van der Waals surface area contributed by atoms with Gasteiger partial charge in [0, 0.05) is 18.7 Å². The minimum atomic E-state index is 0. The topological polar surface area (TPSA) is 59.6 Å². The van der Waals surface area contributed by atoms with Gasteiger partial charge in [-0.2, -0.15) is 0 Å². The van der Waals surface area contributed by atoms with Gasteiger partial charge in [0.1, 0.15) is 5.75 Å². The molecule has 0 saturated heterocycles. The second kappa shape index (κ2) is 8.03. The molecular weight excluding hydrogens is 389 g/mol. The van der Waals surface area contributed by atoms with Gasteiger partial charge in [-0.25, -0.2) is 0 Å². The number of hydrogen-bond donors (Lipinski definition) is 2. The second-order valence-electron chi connectivity index (χ2n) is 5.05. The number of ether oxygens (including phenoxy) is 1. The monoisotopic (exact) mass is 409 g/mol. The van der Waals surface area contributed by atoms with E-state index < -0.39 is 0 Å². The van der Waals surface area contributed by atoms with Crippen molar-refractivity contribution >= 4 is 35.6 Å². The van der Waals surface area contributed by atoms with Crippen LogP contribution in [0.15, 0.2) is 53.5 Å². The zero-order chi connectivity index (χ0) is 14.5. The summed E-state index contributed by atoms with van der Waals surface area (Å²) in [6.45, 7) is 1.47. The molecule has 0 spiro atoms. The highest BCUT2D eigenvalue weighted by molar-refractivity contribution is 14.0. The quantitative estimate of drug-likeness (QED) is 0.463. The summed E-state index contributed by atoms with van der Waals surface area (Å²) < 4.78 is 5.50. The van der Waals surface area contributed by atoms with Gasteiger partial charge in [-0.15, -0.1) is 24.0 Å². The van der Waals surface area contributed by atoms with Crippen LogP contribution >= 0.6 is 24.0 Å². The van der Waals surface area contributed by atoms with Crippen LogP contribution in [0.1, 0.15) is 11.1 Å². The van der Waals surface area contributed by atoms with Crippen LogP contribution in [-0.4, -0.2) is 19.1 Å². The standard InChI is InChI=1S/C17H19N3O.HI/c18-17(20-15-4-2-1-3-5-15)19-10-8-13-6-7-16-14(12-13)9-11-21-16;/h1-7,12H,8-11H2,(H3,18,19,20);1H. The molecule has 0 radical (unpaired) electrons. The summed E-state index contributed by atoms with van der Waals surface area (Å²) in [4.78, 5) is 4.36. The molecular formula is C17H20IN3O. The number of rotatable bonds is 4. The van der Waals surface area contributed by atoms with Gasteiger partial charge in [0.15, 0.2) is 5.96 Å². The van der Waals surface area contributed by atoms with Crippen molar-refractivity contribution in [3.05, 3.63) is 59.7 Å². The summed E-state index contributed by atoms with van der Waals surface area (Å²) in [7, 11) is 0. The van der Waals surface area contributed by atoms with Crippen LogP contribution in [0.5, 0.6) is 5.75 Å². The minimum absolute atomic E-state index is 0. The van der Waals surface area contributed by atoms with Gasteiger partial charge in [-0.1, -0.05) is 30.3 Å². The summed E-state index contributed by atoms with van der Waals surface area (Å²) in [5.41, 5.74) is 9.40. The van der Waals surface area contributed by atoms with Crippen molar-refractivity contribution in [2.75, 3.05) is 18.5 Å². The van der Waals surface area contributed by atoms with E-state index in [0.29, 0.717) is 12.5 Å². The van der Waals surface area contributed by atoms with Gasteiger partial charge in [0.05, 0.1) is 6.61 Å². The van der Waals surface area contributed by atoms with Crippen molar-refractivity contribution in [2.45, 2.75) is 12.8 Å². The number of benzene rings is 2. The molecule has 2 aromatic carbocycles. The minimum Gasteiger partial charge on any atom is -0.493 e. The van der Waals surface area contributed by atoms with Crippen LogP contribution in [0.2, 0.25) is 0 Å². The van der Waals surface area contributed by atoms with Gasteiger partial charge in [0.25, 0.3) is 0 Å². The molecule has 0 bridgehead atoms. The molecule has 0 unspecified atom stereocenters. The summed E-state index contributed by atoms with van der Waals surface area (Å²) in [6, 6.07) is 16.2. The predicted octanol–water partition coefficient (Wildman–Crippen LogP) is 3.21. The van der Waals surface area contributed by atoms with Crippen molar-refractivity contribution in [1.29, 1.82) is 0 Å². The first-order chi connectivity index (χ1) is 10.3. The van der Waals surface area contributed by atoms with Gasteiger partial charge in [-0.05, 0) is 35.7 Å². The first-order valence-corrected chi connectivity index (χ1v) is 7.18. The van der Waals surface area contributed by atoms with E-state index in [-0.39, 0.29) is 24.0 Å². The van der Waals surface area contributed by atoms with Crippen molar-refractivity contribution in [1.82, 2.24) is 0 Å². The van der Waals surface area contributed by atoms with Crippen LogP contribution in [0, 0.1) is 0 Å². The average Bonchev–Trinajstić information content (AvgIpc) is 2.96. The van der Waals surface area contributed by atoms with Crippen molar-refractivity contribution in [3.63, 3.8) is 0 Å². The van der Waals surface area contributed by atoms with E-state index in [1.165, 1.54) is 11.1 Å². The Balaban J connectivity index is 0.00000176. The third-order valence-corrected chi connectivity index (χ3v) is 3.48. The maximum Gasteiger partial charge on any atom is 0.193 e. The first-order valence-electron chi connectivity index (χ1n) is 7.18. The maximum absolute atomic E-state index is 5.88. The molecule has 1 heterocycles. The Morgan fingerprint density at radius 1 is 1.18 bits per heavy atom. The highest BCUT2D eigenvalue weighted by Crippen LogP contribution is 2.25. The van der Waals surface area contributed by atoms with E-state index in [4.69, 9.17) is 10.5 Å². The van der Waals surface area contributed by atoms with Crippen LogP contribution in [0.25, 0.3) is 0 Å². The number of anilines is 1. The number of halogens is 1. The number of fused-ring (bicyclic) bond motifs is 1. The zero-order valence-electron chi connectivity index (χ0n) is 12.3.